The van der Waals surface area contributed by atoms with Gasteiger partial charge in [0.1, 0.15) is 29.0 Å². The molecule has 1 aromatic heterocycles. The van der Waals surface area contributed by atoms with Crippen molar-refractivity contribution in [2.45, 2.75) is 6.18 Å². The average Bonchev–Trinajstić information content (AvgIpc) is 2.53. The molecule has 1 aromatic carbocycles. The third-order valence-corrected chi connectivity index (χ3v) is 2.72. The van der Waals surface area contributed by atoms with Crippen molar-refractivity contribution in [3.63, 3.8) is 0 Å². The zero-order chi connectivity index (χ0) is 16.9. The van der Waals surface area contributed by atoms with Crippen LogP contribution < -0.4 is 4.74 Å². The molecule has 0 spiro atoms. The monoisotopic (exact) mass is 315 g/mol. The van der Waals surface area contributed by atoms with E-state index in [9.17, 15) is 13.2 Å². The van der Waals surface area contributed by atoms with Gasteiger partial charge in [-0.3, -0.25) is 0 Å². The summed E-state index contributed by atoms with van der Waals surface area (Å²) >= 11 is 0. The Bertz CT molecular complexity index is 796. The highest BCUT2D eigenvalue weighted by Crippen LogP contribution is 2.36. The van der Waals surface area contributed by atoms with E-state index in [4.69, 9.17) is 15.3 Å². The molecule has 2 aromatic rings. The van der Waals surface area contributed by atoms with Crippen molar-refractivity contribution in [1.82, 2.24) is 4.98 Å². The maximum atomic E-state index is 12.8. The lowest BCUT2D eigenvalue weighted by Gasteiger charge is -2.12. The van der Waals surface area contributed by atoms with Crippen LogP contribution in [-0.2, 0) is 6.18 Å². The van der Waals surface area contributed by atoms with E-state index in [1.54, 1.807) is 12.1 Å². The highest BCUT2D eigenvalue weighted by molar-refractivity contribution is 5.62. The van der Waals surface area contributed by atoms with Gasteiger partial charge in [0, 0.05) is 6.20 Å². The largest absolute Gasteiger partial charge is 0.438 e. The third kappa shape index (κ3) is 4.08. The molecule has 0 N–H and O–H groups in total. The fourth-order valence-corrected chi connectivity index (χ4v) is 1.69. The van der Waals surface area contributed by atoms with Crippen LogP contribution in [0.25, 0.3) is 6.08 Å². The van der Waals surface area contributed by atoms with Gasteiger partial charge in [-0.25, -0.2) is 4.98 Å². The summed E-state index contributed by atoms with van der Waals surface area (Å²) in [5, 5.41) is 17.3. The van der Waals surface area contributed by atoms with Gasteiger partial charge in [-0.05, 0) is 35.9 Å². The number of alkyl halides is 3. The van der Waals surface area contributed by atoms with Crippen molar-refractivity contribution in [2.24, 2.45) is 0 Å². The summed E-state index contributed by atoms with van der Waals surface area (Å²) in [5.74, 6) is -0.389. The predicted octanol–water partition coefficient (Wildman–Crippen LogP) is 4.32. The van der Waals surface area contributed by atoms with Crippen LogP contribution in [0.2, 0.25) is 0 Å². The Morgan fingerprint density at radius 3 is 2.30 bits per heavy atom. The molecule has 4 nitrogen and oxygen atoms in total. The summed E-state index contributed by atoms with van der Waals surface area (Å²) in [4.78, 5) is 3.60. The van der Waals surface area contributed by atoms with Crippen molar-refractivity contribution in [1.29, 1.82) is 10.5 Å². The number of pyridine rings is 1. The number of hydrogen-bond acceptors (Lipinski definition) is 4. The summed E-state index contributed by atoms with van der Waals surface area (Å²) in [5.41, 5.74) is -0.504. The van der Waals surface area contributed by atoms with Crippen molar-refractivity contribution >= 4 is 6.08 Å². The van der Waals surface area contributed by atoms with Gasteiger partial charge in [-0.2, -0.15) is 23.7 Å². The molecule has 0 fully saturated rings. The molecule has 0 aliphatic rings. The molecular weight excluding hydrogens is 307 g/mol. The number of benzene rings is 1. The van der Waals surface area contributed by atoms with E-state index in [1.165, 1.54) is 42.6 Å². The van der Waals surface area contributed by atoms with Crippen LogP contribution >= 0.6 is 0 Å². The molecule has 0 aliphatic carbocycles. The number of nitriles is 2. The number of nitrogens with zero attached hydrogens (tertiary/aromatic N) is 3. The van der Waals surface area contributed by atoms with E-state index in [1.807, 2.05) is 0 Å². The fourth-order valence-electron chi connectivity index (χ4n) is 1.69. The van der Waals surface area contributed by atoms with Crippen LogP contribution in [0.5, 0.6) is 11.6 Å². The lowest BCUT2D eigenvalue weighted by atomic mass is 10.1. The first-order valence-electron chi connectivity index (χ1n) is 6.26. The smallest absolute Gasteiger partial charge is 0.421 e. The number of halogens is 3. The molecule has 0 amide bonds. The second-order valence-electron chi connectivity index (χ2n) is 4.31. The number of aromatic nitrogens is 1. The Morgan fingerprint density at radius 2 is 1.74 bits per heavy atom. The lowest BCUT2D eigenvalue weighted by molar-refractivity contribution is -0.138. The zero-order valence-corrected chi connectivity index (χ0v) is 11.5. The maximum absolute atomic E-state index is 12.8. The third-order valence-electron chi connectivity index (χ3n) is 2.72. The summed E-state index contributed by atoms with van der Waals surface area (Å²) in [6, 6.07) is 11.4. The average molecular weight is 315 g/mol. The van der Waals surface area contributed by atoms with Gasteiger partial charge in [0.15, 0.2) is 0 Å². The first-order chi connectivity index (χ1) is 10.9. The molecule has 2 rings (SSSR count). The zero-order valence-electron chi connectivity index (χ0n) is 11.5. The Kier molecular flexibility index (Phi) is 4.63. The van der Waals surface area contributed by atoms with Crippen LogP contribution in [0.4, 0.5) is 13.2 Å². The lowest BCUT2D eigenvalue weighted by Crippen LogP contribution is -2.08. The van der Waals surface area contributed by atoms with E-state index in [0.717, 1.165) is 6.07 Å². The summed E-state index contributed by atoms with van der Waals surface area (Å²) in [7, 11) is 0. The van der Waals surface area contributed by atoms with Gasteiger partial charge in [-0.1, -0.05) is 12.1 Å². The molecule has 23 heavy (non-hydrogen) atoms. The van der Waals surface area contributed by atoms with Crippen LogP contribution in [-0.4, -0.2) is 4.98 Å². The number of allylic oxidation sites excluding steroid dienone is 1. The summed E-state index contributed by atoms with van der Waals surface area (Å²) in [6.45, 7) is 0. The van der Waals surface area contributed by atoms with Gasteiger partial charge in [0.05, 0.1) is 0 Å². The maximum Gasteiger partial charge on any atom is 0.421 e. The molecule has 0 aliphatic heterocycles. The van der Waals surface area contributed by atoms with E-state index in [-0.39, 0.29) is 11.3 Å². The van der Waals surface area contributed by atoms with Gasteiger partial charge < -0.3 is 4.74 Å². The molecule has 0 atom stereocenters. The minimum absolute atomic E-state index is 0.0808. The van der Waals surface area contributed by atoms with E-state index in [0.29, 0.717) is 5.56 Å². The van der Waals surface area contributed by atoms with Crippen LogP contribution in [0.15, 0.2) is 48.2 Å². The van der Waals surface area contributed by atoms with E-state index < -0.39 is 17.6 Å². The minimum Gasteiger partial charge on any atom is -0.438 e. The molecule has 0 unspecified atom stereocenters. The normalized spacial score (nSPS) is 10.3. The highest BCUT2D eigenvalue weighted by atomic mass is 19.4. The van der Waals surface area contributed by atoms with Crippen molar-refractivity contribution < 1.29 is 17.9 Å². The van der Waals surface area contributed by atoms with Gasteiger partial charge in [-0.15, -0.1) is 0 Å². The number of hydrogen-bond donors (Lipinski definition) is 0. The van der Waals surface area contributed by atoms with Gasteiger partial charge in [0.2, 0.25) is 5.88 Å². The molecule has 0 radical (unpaired) electrons. The summed E-state index contributed by atoms with van der Waals surface area (Å²) < 4.78 is 43.7. The Labute approximate surface area is 129 Å². The number of ether oxygens (including phenoxy) is 1. The Balaban J connectivity index is 2.25. The summed E-state index contributed by atoms with van der Waals surface area (Å²) in [6.07, 6.45) is -2.01. The second kappa shape index (κ2) is 6.63. The SMILES string of the molecule is N#CC(C#N)=Cc1ccc(Oc2ncccc2C(F)(F)F)cc1. The molecule has 0 saturated heterocycles. The molecule has 0 saturated carbocycles. The topological polar surface area (TPSA) is 69.7 Å². The molecule has 1 heterocycles. The first-order valence-corrected chi connectivity index (χ1v) is 6.26. The highest BCUT2D eigenvalue weighted by Gasteiger charge is 2.35. The second-order valence-corrected chi connectivity index (χ2v) is 4.31. The van der Waals surface area contributed by atoms with Crippen molar-refractivity contribution in [2.75, 3.05) is 0 Å². The van der Waals surface area contributed by atoms with E-state index in [2.05, 4.69) is 4.98 Å². The molecular formula is C16H8F3N3O. The van der Waals surface area contributed by atoms with Crippen molar-refractivity contribution in [3.05, 3.63) is 59.3 Å². The van der Waals surface area contributed by atoms with E-state index >= 15 is 0 Å². The van der Waals surface area contributed by atoms with Crippen LogP contribution in [0.3, 0.4) is 0 Å². The quantitative estimate of drug-likeness (QED) is 0.791. The first kappa shape index (κ1) is 16.1. The standard InChI is InChI=1S/C16H8F3N3O/c17-16(18,19)14-2-1-7-22-15(14)23-13-5-3-11(4-6-13)8-12(9-20)10-21/h1-8H. The van der Waals surface area contributed by atoms with Crippen LogP contribution in [0, 0.1) is 22.7 Å². The van der Waals surface area contributed by atoms with Crippen molar-refractivity contribution in [3.8, 4) is 23.8 Å². The fraction of sp³-hybridized carbons (Fsp3) is 0.0625. The minimum atomic E-state index is -4.57. The molecule has 7 heteroatoms. The Morgan fingerprint density at radius 1 is 1.09 bits per heavy atom. The predicted molar refractivity (Wildman–Crippen MR) is 75.0 cm³/mol. The van der Waals surface area contributed by atoms with Gasteiger partial charge >= 0.3 is 6.18 Å². The Hall–Kier alpha value is -3.32. The molecule has 0 bridgehead atoms. The molecule has 114 valence electrons. The van der Waals surface area contributed by atoms with Gasteiger partial charge in [0.25, 0.3) is 0 Å². The van der Waals surface area contributed by atoms with Crippen LogP contribution in [0.1, 0.15) is 11.1 Å². The number of rotatable bonds is 3.